The Morgan fingerprint density at radius 1 is 1.54 bits per heavy atom. The molecular formula is C10H12ClNO. The number of rotatable bonds is 0. The van der Waals surface area contributed by atoms with Crippen LogP contribution in [-0.4, -0.2) is 10.1 Å². The average Bonchev–Trinajstić information content (AvgIpc) is 2.06. The van der Waals surface area contributed by atoms with Crippen molar-refractivity contribution in [1.82, 2.24) is 4.98 Å². The Hall–Kier alpha value is -0.600. The van der Waals surface area contributed by atoms with Crippen LogP contribution in [0.2, 0.25) is 5.15 Å². The molecule has 1 N–H and O–H groups in total. The van der Waals surface area contributed by atoms with Crippen LogP contribution in [0.25, 0.3) is 0 Å². The zero-order valence-corrected chi connectivity index (χ0v) is 8.30. The van der Waals surface area contributed by atoms with E-state index in [4.69, 9.17) is 11.6 Å². The van der Waals surface area contributed by atoms with Crippen molar-refractivity contribution in [2.24, 2.45) is 0 Å². The molecule has 70 valence electrons. The number of nitrogens with zero attached hydrogens (tertiary/aromatic N) is 1. The Morgan fingerprint density at radius 2 is 2.31 bits per heavy atom. The molecule has 1 unspecified atom stereocenters. The highest BCUT2D eigenvalue weighted by Gasteiger charge is 2.30. The normalized spacial score (nSPS) is 27.0. The quantitative estimate of drug-likeness (QED) is 0.648. The highest BCUT2D eigenvalue weighted by molar-refractivity contribution is 6.29. The van der Waals surface area contributed by atoms with E-state index >= 15 is 0 Å². The summed E-state index contributed by atoms with van der Waals surface area (Å²) < 4.78 is 0. The Morgan fingerprint density at radius 3 is 3.08 bits per heavy atom. The van der Waals surface area contributed by atoms with Gasteiger partial charge in [0.2, 0.25) is 0 Å². The highest BCUT2D eigenvalue weighted by atomic mass is 35.5. The molecule has 1 heterocycles. The molecule has 1 aromatic heterocycles. The average molecular weight is 198 g/mol. The smallest absolute Gasteiger partial charge is 0.129 e. The monoisotopic (exact) mass is 197 g/mol. The zero-order chi connectivity index (χ0) is 9.47. The first kappa shape index (κ1) is 8.97. The molecule has 0 saturated carbocycles. The first-order chi connectivity index (χ1) is 6.09. The number of pyridine rings is 1. The summed E-state index contributed by atoms with van der Waals surface area (Å²) in [6.07, 6.45) is 2.78. The van der Waals surface area contributed by atoms with Gasteiger partial charge in [-0.25, -0.2) is 4.98 Å². The van der Waals surface area contributed by atoms with Gasteiger partial charge in [0.15, 0.2) is 0 Å². The van der Waals surface area contributed by atoms with E-state index < -0.39 is 5.60 Å². The molecule has 0 aliphatic heterocycles. The molecule has 13 heavy (non-hydrogen) atoms. The lowest BCUT2D eigenvalue weighted by Gasteiger charge is -2.29. The molecule has 0 bridgehead atoms. The maximum absolute atomic E-state index is 10.0. The van der Waals surface area contributed by atoms with Crippen LogP contribution >= 0.6 is 11.6 Å². The number of halogens is 1. The molecule has 1 atom stereocenters. The van der Waals surface area contributed by atoms with Gasteiger partial charge in [-0.15, -0.1) is 0 Å². The molecule has 0 amide bonds. The molecule has 2 rings (SSSR count). The number of hydrogen-bond acceptors (Lipinski definition) is 2. The largest absolute Gasteiger partial charge is 0.384 e. The Labute approximate surface area is 82.6 Å². The van der Waals surface area contributed by atoms with Gasteiger partial charge in [0.1, 0.15) is 10.8 Å². The Bertz CT molecular complexity index is 336. The first-order valence-electron chi connectivity index (χ1n) is 4.48. The van der Waals surface area contributed by atoms with Gasteiger partial charge < -0.3 is 5.11 Å². The molecule has 1 aliphatic carbocycles. The van der Waals surface area contributed by atoms with Crippen LogP contribution in [0.5, 0.6) is 0 Å². The minimum absolute atomic E-state index is 0.459. The maximum atomic E-state index is 10.0. The van der Waals surface area contributed by atoms with E-state index in [1.807, 2.05) is 6.07 Å². The van der Waals surface area contributed by atoms with E-state index in [0.29, 0.717) is 5.15 Å². The second-order valence-electron chi connectivity index (χ2n) is 3.77. The van der Waals surface area contributed by atoms with Crippen LogP contribution in [0.1, 0.15) is 31.0 Å². The lowest BCUT2D eigenvalue weighted by Crippen LogP contribution is -2.28. The van der Waals surface area contributed by atoms with Crippen LogP contribution < -0.4 is 0 Å². The van der Waals surface area contributed by atoms with Crippen molar-refractivity contribution < 1.29 is 5.11 Å². The number of aliphatic hydroxyl groups is 1. The van der Waals surface area contributed by atoms with Gasteiger partial charge in [-0.2, -0.15) is 0 Å². The minimum atomic E-state index is -0.793. The summed E-state index contributed by atoms with van der Waals surface area (Å²) in [5, 5.41) is 10.5. The molecule has 0 fully saturated rings. The third kappa shape index (κ3) is 1.56. The van der Waals surface area contributed by atoms with Crippen molar-refractivity contribution in [3.8, 4) is 0 Å². The van der Waals surface area contributed by atoms with Crippen molar-refractivity contribution in [3.63, 3.8) is 0 Å². The maximum Gasteiger partial charge on any atom is 0.129 e. The zero-order valence-electron chi connectivity index (χ0n) is 7.55. The molecule has 0 radical (unpaired) electrons. The van der Waals surface area contributed by atoms with Gasteiger partial charge in [-0.1, -0.05) is 17.7 Å². The molecule has 1 aliphatic rings. The van der Waals surface area contributed by atoms with Gasteiger partial charge in [0, 0.05) is 0 Å². The Kier molecular flexibility index (Phi) is 2.05. The fourth-order valence-electron chi connectivity index (χ4n) is 1.87. The number of aromatic nitrogens is 1. The van der Waals surface area contributed by atoms with Crippen LogP contribution in [0.15, 0.2) is 12.1 Å². The van der Waals surface area contributed by atoms with Gasteiger partial charge in [-0.05, 0) is 37.8 Å². The topological polar surface area (TPSA) is 33.1 Å². The lowest BCUT2D eigenvalue weighted by molar-refractivity contribution is 0.0340. The van der Waals surface area contributed by atoms with Gasteiger partial charge >= 0.3 is 0 Å². The van der Waals surface area contributed by atoms with Crippen molar-refractivity contribution in [1.29, 1.82) is 0 Å². The predicted molar refractivity (Wildman–Crippen MR) is 51.8 cm³/mol. The number of fused-ring (bicyclic) bond motifs is 1. The van der Waals surface area contributed by atoms with Crippen molar-refractivity contribution in [3.05, 3.63) is 28.5 Å². The second kappa shape index (κ2) is 2.96. The first-order valence-corrected chi connectivity index (χ1v) is 4.86. The van der Waals surface area contributed by atoms with Crippen molar-refractivity contribution >= 4 is 11.6 Å². The summed E-state index contributed by atoms with van der Waals surface area (Å²) in [5.41, 5.74) is 1.09. The molecule has 3 heteroatoms. The molecular weight excluding hydrogens is 186 g/mol. The van der Waals surface area contributed by atoms with E-state index in [1.165, 1.54) is 0 Å². The van der Waals surface area contributed by atoms with E-state index in [9.17, 15) is 5.11 Å². The number of hydrogen-bond donors (Lipinski definition) is 1. The van der Waals surface area contributed by atoms with E-state index in [0.717, 1.165) is 30.5 Å². The molecule has 0 saturated heterocycles. The van der Waals surface area contributed by atoms with E-state index in [1.54, 1.807) is 13.0 Å². The summed E-state index contributed by atoms with van der Waals surface area (Å²) in [4.78, 5) is 4.18. The SMILES string of the molecule is CC1(O)CCCc2ccc(Cl)nc21. The summed E-state index contributed by atoms with van der Waals surface area (Å²) in [6, 6.07) is 3.74. The second-order valence-corrected chi connectivity index (χ2v) is 4.16. The lowest BCUT2D eigenvalue weighted by atomic mass is 9.84. The van der Waals surface area contributed by atoms with Crippen molar-refractivity contribution in [2.75, 3.05) is 0 Å². The Balaban J connectivity index is 2.55. The summed E-state index contributed by atoms with van der Waals surface area (Å²) in [6.45, 7) is 1.80. The third-order valence-corrected chi connectivity index (χ3v) is 2.78. The van der Waals surface area contributed by atoms with Crippen LogP contribution in [-0.2, 0) is 12.0 Å². The van der Waals surface area contributed by atoms with Gasteiger partial charge in [0.05, 0.1) is 5.69 Å². The number of aryl methyl sites for hydroxylation is 1. The fourth-order valence-corrected chi connectivity index (χ4v) is 2.02. The molecule has 2 nitrogen and oxygen atoms in total. The standard InChI is InChI=1S/C10H12ClNO/c1-10(13)6-2-3-7-4-5-8(11)12-9(7)10/h4-5,13H,2-3,6H2,1H3. The van der Waals surface area contributed by atoms with Gasteiger partial charge in [-0.3, -0.25) is 0 Å². The summed E-state index contributed by atoms with van der Waals surface area (Å²) in [5.74, 6) is 0. The van der Waals surface area contributed by atoms with Gasteiger partial charge in [0.25, 0.3) is 0 Å². The summed E-state index contributed by atoms with van der Waals surface area (Å²) >= 11 is 5.78. The van der Waals surface area contributed by atoms with Crippen LogP contribution in [0, 0.1) is 0 Å². The molecule has 1 aromatic rings. The predicted octanol–water partition coefficient (Wildman–Crippen LogP) is 2.28. The van der Waals surface area contributed by atoms with Crippen LogP contribution in [0.4, 0.5) is 0 Å². The van der Waals surface area contributed by atoms with Crippen molar-refractivity contribution in [2.45, 2.75) is 31.8 Å². The summed E-state index contributed by atoms with van der Waals surface area (Å²) in [7, 11) is 0. The molecule has 0 spiro atoms. The van der Waals surface area contributed by atoms with E-state index in [-0.39, 0.29) is 0 Å². The molecule has 0 aromatic carbocycles. The minimum Gasteiger partial charge on any atom is -0.384 e. The van der Waals surface area contributed by atoms with Crippen LogP contribution in [0.3, 0.4) is 0 Å². The highest BCUT2D eigenvalue weighted by Crippen LogP contribution is 2.33. The van der Waals surface area contributed by atoms with E-state index in [2.05, 4.69) is 4.98 Å². The fraction of sp³-hybridized carbons (Fsp3) is 0.500. The third-order valence-electron chi connectivity index (χ3n) is 2.56.